The van der Waals surface area contributed by atoms with Gasteiger partial charge >= 0.3 is 0 Å². The van der Waals surface area contributed by atoms with Gasteiger partial charge in [-0.15, -0.1) is 0 Å². The van der Waals surface area contributed by atoms with Crippen molar-refractivity contribution in [2.24, 2.45) is 0 Å². The van der Waals surface area contributed by atoms with Crippen molar-refractivity contribution >= 4 is 17.2 Å². The van der Waals surface area contributed by atoms with Gasteiger partial charge in [0.25, 0.3) is 0 Å². The van der Waals surface area contributed by atoms with Crippen LogP contribution < -0.4 is 0 Å². The minimum Gasteiger partial charge on any atom is -0.302 e. The molecule has 80 valence electrons. The lowest BCUT2D eigenvalue weighted by Crippen LogP contribution is -2.23. The topological polar surface area (TPSA) is 3.24 Å². The first-order chi connectivity index (χ1) is 7.16. The van der Waals surface area contributed by atoms with Crippen molar-refractivity contribution in [1.29, 1.82) is 0 Å². The molecule has 0 N–H and O–H groups in total. The van der Waals surface area contributed by atoms with Crippen molar-refractivity contribution in [3.63, 3.8) is 0 Å². The third-order valence-electron chi connectivity index (χ3n) is 2.69. The Bertz CT molecular complexity index is 401. The highest BCUT2D eigenvalue weighted by Crippen LogP contribution is 2.28. The van der Waals surface area contributed by atoms with E-state index in [4.69, 9.17) is 11.6 Å². The maximum atomic E-state index is 13.1. The number of halogens is 2. The van der Waals surface area contributed by atoms with E-state index in [1.165, 1.54) is 12.1 Å². The summed E-state index contributed by atoms with van der Waals surface area (Å²) in [6, 6.07) is 4.52. The lowest BCUT2D eigenvalue weighted by atomic mass is 9.99. The molecule has 1 nitrogen and oxygen atoms in total. The zero-order valence-corrected chi connectivity index (χ0v) is 9.39. The highest BCUT2D eigenvalue weighted by atomic mass is 35.5. The van der Waals surface area contributed by atoms with Gasteiger partial charge in [-0.25, -0.2) is 4.39 Å². The van der Waals surface area contributed by atoms with Crippen LogP contribution in [0.4, 0.5) is 4.39 Å². The van der Waals surface area contributed by atoms with Crippen molar-refractivity contribution in [2.45, 2.75) is 6.42 Å². The third-order valence-corrected chi connectivity index (χ3v) is 3.02. The minimum atomic E-state index is -0.228. The molecule has 0 fully saturated rings. The summed E-state index contributed by atoms with van der Waals surface area (Å²) in [7, 11) is 2.07. The van der Waals surface area contributed by atoms with Crippen LogP contribution in [0.5, 0.6) is 0 Å². The van der Waals surface area contributed by atoms with E-state index in [1.54, 1.807) is 6.07 Å². The molecule has 0 aromatic heterocycles. The Hall–Kier alpha value is -0.860. The van der Waals surface area contributed by atoms with E-state index in [9.17, 15) is 4.39 Å². The summed E-state index contributed by atoms with van der Waals surface area (Å²) >= 11 is 6.04. The molecule has 1 aromatic rings. The normalized spacial score (nSPS) is 17.7. The first-order valence-electron chi connectivity index (χ1n) is 5.00. The second kappa shape index (κ2) is 4.33. The fourth-order valence-electron chi connectivity index (χ4n) is 1.76. The van der Waals surface area contributed by atoms with Crippen LogP contribution in [0.3, 0.4) is 0 Å². The molecule has 0 radical (unpaired) electrons. The van der Waals surface area contributed by atoms with Crippen LogP contribution in [-0.2, 0) is 0 Å². The quantitative estimate of drug-likeness (QED) is 0.710. The monoisotopic (exact) mass is 225 g/mol. The van der Waals surface area contributed by atoms with E-state index >= 15 is 0 Å². The smallest absolute Gasteiger partial charge is 0.123 e. The Labute approximate surface area is 94.2 Å². The third kappa shape index (κ3) is 2.39. The zero-order chi connectivity index (χ0) is 10.8. The average Bonchev–Trinajstić information content (AvgIpc) is 2.23. The maximum Gasteiger partial charge on any atom is 0.123 e. The summed E-state index contributed by atoms with van der Waals surface area (Å²) in [5, 5.41) is 0.632. The summed E-state index contributed by atoms with van der Waals surface area (Å²) in [6.45, 7) is 1.90. The predicted molar refractivity (Wildman–Crippen MR) is 61.5 cm³/mol. The van der Waals surface area contributed by atoms with E-state index in [0.717, 1.165) is 30.6 Å². The van der Waals surface area contributed by atoms with E-state index in [1.807, 2.05) is 0 Å². The largest absolute Gasteiger partial charge is 0.302 e. The Morgan fingerprint density at radius 2 is 2.20 bits per heavy atom. The van der Waals surface area contributed by atoms with Crippen LogP contribution in [0, 0.1) is 5.82 Å². The molecular weight excluding hydrogens is 213 g/mol. The number of likely N-dealkylation sites (N-methyl/N-ethyl adjacent to an activating group) is 1. The molecule has 3 heteroatoms. The maximum absolute atomic E-state index is 13.1. The van der Waals surface area contributed by atoms with Crippen molar-refractivity contribution in [1.82, 2.24) is 4.90 Å². The van der Waals surface area contributed by atoms with Crippen LogP contribution in [0.1, 0.15) is 12.0 Å². The van der Waals surface area contributed by atoms with E-state index in [-0.39, 0.29) is 5.82 Å². The molecule has 2 rings (SSSR count). The second-order valence-electron chi connectivity index (χ2n) is 3.87. The first-order valence-corrected chi connectivity index (χ1v) is 5.37. The predicted octanol–water partition coefficient (Wildman–Crippen LogP) is 3.20. The highest BCUT2D eigenvalue weighted by molar-refractivity contribution is 6.32. The average molecular weight is 226 g/mol. The molecule has 0 bridgehead atoms. The van der Waals surface area contributed by atoms with E-state index < -0.39 is 0 Å². The van der Waals surface area contributed by atoms with Gasteiger partial charge < -0.3 is 4.90 Å². The summed E-state index contributed by atoms with van der Waals surface area (Å²) in [5.41, 5.74) is 1.99. The van der Waals surface area contributed by atoms with E-state index in [0.29, 0.717) is 5.02 Å². The lowest BCUT2D eigenvalue weighted by Gasteiger charge is -2.22. The Morgan fingerprint density at radius 3 is 2.87 bits per heavy atom. The van der Waals surface area contributed by atoms with Crippen LogP contribution in [0.25, 0.3) is 5.57 Å². The fourth-order valence-corrected chi connectivity index (χ4v) is 2.00. The summed E-state index contributed by atoms with van der Waals surface area (Å²) in [5.74, 6) is -0.228. The molecule has 0 atom stereocenters. The molecule has 1 aromatic carbocycles. The molecule has 0 saturated carbocycles. The molecular formula is C12H13ClFN. The lowest BCUT2D eigenvalue weighted by molar-refractivity contribution is 0.370. The summed E-state index contributed by atoms with van der Waals surface area (Å²) in [4.78, 5) is 2.22. The molecule has 0 aliphatic carbocycles. The van der Waals surface area contributed by atoms with E-state index in [2.05, 4.69) is 18.0 Å². The molecule has 1 aliphatic heterocycles. The molecule has 0 unspecified atom stereocenters. The van der Waals surface area contributed by atoms with Gasteiger partial charge in [0.15, 0.2) is 0 Å². The van der Waals surface area contributed by atoms with Crippen molar-refractivity contribution in [3.8, 4) is 0 Å². The second-order valence-corrected chi connectivity index (χ2v) is 4.27. The first kappa shape index (κ1) is 10.7. The number of hydrogen-bond acceptors (Lipinski definition) is 1. The van der Waals surface area contributed by atoms with Crippen molar-refractivity contribution in [2.75, 3.05) is 20.1 Å². The molecule has 0 saturated heterocycles. The Morgan fingerprint density at radius 1 is 1.40 bits per heavy atom. The minimum absolute atomic E-state index is 0.228. The molecule has 0 spiro atoms. The SMILES string of the molecule is CN1CC=C(c2cc(F)ccc2Cl)CC1. The molecule has 1 aliphatic rings. The zero-order valence-electron chi connectivity index (χ0n) is 8.63. The highest BCUT2D eigenvalue weighted by Gasteiger charge is 2.12. The molecule has 1 heterocycles. The summed E-state index contributed by atoms with van der Waals surface area (Å²) < 4.78 is 13.1. The van der Waals surface area contributed by atoms with Gasteiger partial charge in [0.1, 0.15) is 5.82 Å². The van der Waals surface area contributed by atoms with Gasteiger partial charge in [-0.1, -0.05) is 17.7 Å². The van der Waals surface area contributed by atoms with Gasteiger partial charge in [0.2, 0.25) is 0 Å². The Kier molecular flexibility index (Phi) is 3.08. The molecule has 15 heavy (non-hydrogen) atoms. The van der Waals surface area contributed by atoms with Crippen LogP contribution >= 0.6 is 11.6 Å². The number of hydrogen-bond donors (Lipinski definition) is 0. The van der Waals surface area contributed by atoms with Gasteiger partial charge in [-0.3, -0.25) is 0 Å². The van der Waals surface area contributed by atoms with Crippen LogP contribution in [-0.4, -0.2) is 25.0 Å². The number of benzene rings is 1. The van der Waals surface area contributed by atoms with Crippen molar-refractivity contribution < 1.29 is 4.39 Å². The fraction of sp³-hybridized carbons (Fsp3) is 0.333. The van der Waals surface area contributed by atoms with Crippen molar-refractivity contribution in [3.05, 3.63) is 40.7 Å². The van der Waals surface area contributed by atoms with Gasteiger partial charge in [-0.05, 0) is 42.8 Å². The van der Waals surface area contributed by atoms with Gasteiger partial charge in [-0.2, -0.15) is 0 Å². The van der Waals surface area contributed by atoms with Gasteiger partial charge in [0.05, 0.1) is 0 Å². The summed E-state index contributed by atoms with van der Waals surface area (Å²) in [6.07, 6.45) is 3.05. The Balaban J connectivity index is 2.33. The standard InChI is InChI=1S/C12H13ClFN/c1-15-6-4-9(5-7-15)11-8-10(14)2-3-12(11)13/h2-4,8H,5-7H2,1H3. The number of rotatable bonds is 1. The number of nitrogens with zero attached hydrogens (tertiary/aromatic N) is 1. The molecule has 0 amide bonds. The van der Waals surface area contributed by atoms with Crippen LogP contribution in [0.2, 0.25) is 5.02 Å². The van der Waals surface area contributed by atoms with Gasteiger partial charge in [0, 0.05) is 18.1 Å². The van der Waals surface area contributed by atoms with Crippen LogP contribution in [0.15, 0.2) is 24.3 Å².